The molecule has 2 amide bonds. The Morgan fingerprint density at radius 1 is 0.806 bits per heavy atom. The fraction of sp³-hybridized carbons (Fsp3) is 0.200. The molecule has 0 radical (unpaired) electrons. The molecule has 6 nitrogen and oxygen atoms in total. The molecule has 3 rings (SSSR count). The molecular formula is C25H28N3O3+. The van der Waals surface area contributed by atoms with Crippen LogP contribution in [0.2, 0.25) is 0 Å². The topological polar surface area (TPSA) is 71.9 Å². The average Bonchev–Trinajstić information content (AvgIpc) is 2.79. The van der Waals surface area contributed by atoms with Crippen molar-refractivity contribution >= 4 is 11.8 Å². The zero-order valence-corrected chi connectivity index (χ0v) is 17.8. The van der Waals surface area contributed by atoms with Crippen LogP contribution < -0.4 is 20.3 Å². The molecule has 0 heterocycles. The lowest BCUT2D eigenvalue weighted by molar-refractivity contribution is -0.890. The number of likely N-dealkylation sites (N-methyl/N-ethyl adjacent to an activating group) is 1. The summed E-state index contributed by atoms with van der Waals surface area (Å²) >= 11 is 0. The van der Waals surface area contributed by atoms with Crippen LogP contribution in [0.3, 0.4) is 0 Å². The monoisotopic (exact) mass is 418 g/mol. The van der Waals surface area contributed by atoms with Crippen LogP contribution in [-0.4, -0.2) is 39.0 Å². The SMILES string of the molecule is C[NH+](C)[C@@H](CNC(=O)CNC(=O)c1ccc(Oc2ccccc2)cc1)c1ccccc1. The van der Waals surface area contributed by atoms with Gasteiger partial charge in [0.15, 0.2) is 0 Å². The van der Waals surface area contributed by atoms with Gasteiger partial charge >= 0.3 is 0 Å². The number of ether oxygens (including phenoxy) is 1. The van der Waals surface area contributed by atoms with E-state index >= 15 is 0 Å². The molecule has 0 aliphatic rings. The minimum Gasteiger partial charge on any atom is -0.457 e. The van der Waals surface area contributed by atoms with Gasteiger partial charge in [0.1, 0.15) is 17.5 Å². The number of para-hydroxylation sites is 1. The largest absolute Gasteiger partial charge is 0.457 e. The summed E-state index contributed by atoms with van der Waals surface area (Å²) in [5, 5.41) is 5.57. The maximum atomic E-state index is 12.4. The molecular weight excluding hydrogens is 390 g/mol. The van der Waals surface area contributed by atoms with Gasteiger partial charge in [0, 0.05) is 11.1 Å². The number of hydrogen-bond donors (Lipinski definition) is 3. The Hall–Kier alpha value is -3.64. The van der Waals surface area contributed by atoms with Crippen LogP contribution in [0.15, 0.2) is 84.9 Å². The highest BCUT2D eigenvalue weighted by Crippen LogP contribution is 2.21. The zero-order valence-electron chi connectivity index (χ0n) is 17.8. The van der Waals surface area contributed by atoms with Gasteiger partial charge in [-0.1, -0.05) is 48.5 Å². The first-order valence-corrected chi connectivity index (χ1v) is 10.3. The summed E-state index contributed by atoms with van der Waals surface area (Å²) in [6.45, 7) is 0.415. The molecule has 0 aliphatic heterocycles. The lowest BCUT2D eigenvalue weighted by Gasteiger charge is -2.22. The third kappa shape index (κ3) is 6.69. The Morgan fingerprint density at radius 3 is 2.00 bits per heavy atom. The molecule has 0 unspecified atom stereocenters. The number of quaternary nitrogens is 1. The zero-order chi connectivity index (χ0) is 22.1. The second-order valence-corrected chi connectivity index (χ2v) is 7.47. The number of amides is 2. The predicted molar refractivity (Wildman–Crippen MR) is 120 cm³/mol. The maximum absolute atomic E-state index is 12.4. The molecule has 6 heteroatoms. The van der Waals surface area contributed by atoms with Gasteiger partial charge in [-0.2, -0.15) is 0 Å². The van der Waals surface area contributed by atoms with Crippen molar-refractivity contribution in [3.05, 3.63) is 96.1 Å². The van der Waals surface area contributed by atoms with Gasteiger partial charge < -0.3 is 20.3 Å². The van der Waals surface area contributed by atoms with Crippen LogP contribution in [0.5, 0.6) is 11.5 Å². The van der Waals surface area contributed by atoms with Gasteiger partial charge in [0.2, 0.25) is 5.91 Å². The summed E-state index contributed by atoms with van der Waals surface area (Å²) < 4.78 is 5.72. The number of hydrogen-bond acceptors (Lipinski definition) is 3. The Morgan fingerprint density at radius 2 is 1.39 bits per heavy atom. The smallest absolute Gasteiger partial charge is 0.251 e. The Balaban J connectivity index is 1.47. The molecule has 3 aromatic carbocycles. The van der Waals surface area contributed by atoms with E-state index in [-0.39, 0.29) is 24.4 Å². The number of carbonyl (C=O) groups excluding carboxylic acids is 2. The van der Waals surface area contributed by atoms with Crippen LogP contribution in [0, 0.1) is 0 Å². The highest BCUT2D eigenvalue weighted by Gasteiger charge is 2.18. The third-order valence-corrected chi connectivity index (χ3v) is 4.91. The summed E-state index contributed by atoms with van der Waals surface area (Å²) in [4.78, 5) is 25.8. The third-order valence-electron chi connectivity index (χ3n) is 4.91. The van der Waals surface area contributed by atoms with Crippen molar-refractivity contribution < 1.29 is 19.2 Å². The van der Waals surface area contributed by atoms with Crippen LogP contribution in [0.1, 0.15) is 22.0 Å². The first-order chi connectivity index (χ1) is 15.0. The van der Waals surface area contributed by atoms with E-state index in [1.165, 1.54) is 4.90 Å². The Labute approximate surface area is 182 Å². The number of nitrogens with one attached hydrogen (secondary N) is 3. The minimum absolute atomic E-state index is 0.0780. The van der Waals surface area contributed by atoms with Gasteiger partial charge in [0.05, 0.1) is 27.2 Å². The van der Waals surface area contributed by atoms with Crippen molar-refractivity contribution in [2.75, 3.05) is 27.2 Å². The summed E-state index contributed by atoms with van der Waals surface area (Å²) in [7, 11) is 4.10. The summed E-state index contributed by atoms with van der Waals surface area (Å²) in [6.07, 6.45) is 0. The summed E-state index contributed by atoms with van der Waals surface area (Å²) in [5.74, 6) is 0.835. The van der Waals surface area contributed by atoms with E-state index in [2.05, 4.69) is 36.9 Å². The number of carbonyl (C=O) groups is 2. The van der Waals surface area contributed by atoms with Crippen molar-refractivity contribution in [2.24, 2.45) is 0 Å². The van der Waals surface area contributed by atoms with Crippen molar-refractivity contribution in [3.8, 4) is 11.5 Å². The summed E-state index contributed by atoms with van der Waals surface area (Å²) in [6, 6.07) is 26.4. The molecule has 31 heavy (non-hydrogen) atoms. The molecule has 3 N–H and O–H groups in total. The quantitative estimate of drug-likeness (QED) is 0.499. The average molecular weight is 419 g/mol. The molecule has 0 saturated heterocycles. The number of benzene rings is 3. The summed E-state index contributed by atoms with van der Waals surface area (Å²) in [5.41, 5.74) is 1.62. The fourth-order valence-corrected chi connectivity index (χ4v) is 3.18. The molecule has 0 aliphatic carbocycles. The molecule has 1 atom stereocenters. The van der Waals surface area contributed by atoms with Crippen LogP contribution in [-0.2, 0) is 4.79 Å². The van der Waals surface area contributed by atoms with Crippen molar-refractivity contribution in [2.45, 2.75) is 6.04 Å². The van der Waals surface area contributed by atoms with Crippen molar-refractivity contribution in [1.29, 1.82) is 0 Å². The molecule has 0 spiro atoms. The Kier molecular flexibility index (Phi) is 7.79. The van der Waals surface area contributed by atoms with E-state index in [4.69, 9.17) is 4.74 Å². The first-order valence-electron chi connectivity index (χ1n) is 10.3. The highest BCUT2D eigenvalue weighted by atomic mass is 16.5. The molecule has 0 fully saturated rings. The normalized spacial score (nSPS) is 11.6. The molecule has 0 aromatic heterocycles. The van der Waals surface area contributed by atoms with E-state index in [1.807, 2.05) is 48.5 Å². The first kappa shape index (κ1) is 22.1. The lowest BCUT2D eigenvalue weighted by Crippen LogP contribution is -3.07. The standard InChI is InChI=1S/C25H27N3O3/c1-28(2)23(19-9-5-3-6-10-19)17-26-24(29)18-27-25(30)20-13-15-22(16-14-20)31-21-11-7-4-8-12-21/h3-16,23H,17-18H2,1-2H3,(H,26,29)(H,27,30)/p+1/t23-/m0/s1. The Bertz CT molecular complexity index is 974. The molecule has 0 bridgehead atoms. The van der Waals surface area contributed by atoms with Crippen LogP contribution >= 0.6 is 0 Å². The minimum atomic E-state index is -0.306. The van der Waals surface area contributed by atoms with Gasteiger partial charge in [-0.25, -0.2) is 0 Å². The maximum Gasteiger partial charge on any atom is 0.251 e. The van der Waals surface area contributed by atoms with Crippen LogP contribution in [0.4, 0.5) is 0 Å². The van der Waals surface area contributed by atoms with Gasteiger partial charge in [-0.05, 0) is 36.4 Å². The van der Waals surface area contributed by atoms with E-state index in [0.29, 0.717) is 17.9 Å². The number of rotatable bonds is 9. The molecule has 0 saturated carbocycles. The lowest BCUT2D eigenvalue weighted by atomic mass is 10.1. The fourth-order valence-electron chi connectivity index (χ4n) is 3.18. The molecule has 160 valence electrons. The highest BCUT2D eigenvalue weighted by molar-refractivity contribution is 5.96. The van der Waals surface area contributed by atoms with Crippen molar-refractivity contribution in [1.82, 2.24) is 10.6 Å². The van der Waals surface area contributed by atoms with E-state index in [1.54, 1.807) is 24.3 Å². The van der Waals surface area contributed by atoms with E-state index in [9.17, 15) is 9.59 Å². The van der Waals surface area contributed by atoms with Gasteiger partial charge in [0.25, 0.3) is 5.91 Å². The van der Waals surface area contributed by atoms with E-state index < -0.39 is 0 Å². The predicted octanol–water partition coefficient (Wildman–Crippen LogP) is 2.21. The second kappa shape index (κ2) is 10.9. The van der Waals surface area contributed by atoms with Crippen LogP contribution in [0.25, 0.3) is 0 Å². The van der Waals surface area contributed by atoms with Gasteiger partial charge in [-0.3, -0.25) is 9.59 Å². The second-order valence-electron chi connectivity index (χ2n) is 7.47. The molecule has 3 aromatic rings. The van der Waals surface area contributed by atoms with Gasteiger partial charge in [-0.15, -0.1) is 0 Å². The van der Waals surface area contributed by atoms with E-state index in [0.717, 1.165) is 11.3 Å². The van der Waals surface area contributed by atoms with Crippen molar-refractivity contribution in [3.63, 3.8) is 0 Å².